The fourth-order valence-corrected chi connectivity index (χ4v) is 2.61. The Hall–Kier alpha value is -2.44. The number of carbonyl (C=O) groups excluding carboxylic acids is 1. The van der Waals surface area contributed by atoms with Crippen LogP contribution in [0.25, 0.3) is 11.4 Å². The SMILES string of the molecule is Cc1ccc(-c2nnn(CC(=O)Nc3cc(Cl)cc(Cl)c3)n2)cc1. The molecule has 0 fully saturated rings. The Morgan fingerprint density at radius 3 is 2.46 bits per heavy atom. The van der Waals surface area contributed by atoms with Crippen molar-refractivity contribution in [3.8, 4) is 11.4 Å². The molecule has 0 aliphatic carbocycles. The summed E-state index contributed by atoms with van der Waals surface area (Å²) in [7, 11) is 0. The van der Waals surface area contributed by atoms with Crippen LogP contribution < -0.4 is 5.32 Å². The second kappa shape index (κ2) is 6.98. The molecule has 0 aliphatic heterocycles. The minimum absolute atomic E-state index is 0.0665. The van der Waals surface area contributed by atoms with Gasteiger partial charge in [-0.05, 0) is 30.3 Å². The number of tetrazole rings is 1. The maximum Gasteiger partial charge on any atom is 0.248 e. The zero-order valence-electron chi connectivity index (χ0n) is 12.7. The molecule has 8 heteroatoms. The van der Waals surface area contributed by atoms with Gasteiger partial charge in [-0.15, -0.1) is 10.2 Å². The third-order valence-electron chi connectivity index (χ3n) is 3.19. The Balaban J connectivity index is 1.68. The van der Waals surface area contributed by atoms with Gasteiger partial charge in [-0.2, -0.15) is 4.80 Å². The first-order chi connectivity index (χ1) is 11.5. The molecule has 1 N–H and O–H groups in total. The van der Waals surface area contributed by atoms with E-state index in [1.54, 1.807) is 18.2 Å². The van der Waals surface area contributed by atoms with Crippen LogP contribution in [0.5, 0.6) is 0 Å². The second-order valence-corrected chi connectivity index (χ2v) is 6.09. The van der Waals surface area contributed by atoms with E-state index in [0.717, 1.165) is 11.1 Å². The standard InChI is InChI=1S/C16H13Cl2N5O/c1-10-2-4-11(5-3-10)16-20-22-23(21-16)9-15(24)19-14-7-12(17)6-13(18)8-14/h2-8H,9H2,1H3,(H,19,24). The van der Waals surface area contributed by atoms with Gasteiger partial charge in [0, 0.05) is 21.3 Å². The van der Waals surface area contributed by atoms with Gasteiger partial charge < -0.3 is 5.32 Å². The van der Waals surface area contributed by atoms with Gasteiger partial charge in [0.1, 0.15) is 6.54 Å². The topological polar surface area (TPSA) is 72.7 Å². The minimum atomic E-state index is -0.304. The lowest BCUT2D eigenvalue weighted by atomic mass is 10.1. The molecule has 24 heavy (non-hydrogen) atoms. The Kier molecular flexibility index (Phi) is 4.78. The molecule has 1 amide bonds. The van der Waals surface area contributed by atoms with E-state index in [2.05, 4.69) is 20.7 Å². The zero-order valence-corrected chi connectivity index (χ0v) is 14.2. The molecule has 0 spiro atoms. The molecule has 0 bridgehead atoms. The fraction of sp³-hybridized carbons (Fsp3) is 0.125. The summed E-state index contributed by atoms with van der Waals surface area (Å²) < 4.78 is 0. The number of hydrogen-bond acceptors (Lipinski definition) is 4. The maximum absolute atomic E-state index is 12.1. The van der Waals surface area contributed by atoms with Crippen molar-refractivity contribution in [3.05, 3.63) is 58.1 Å². The van der Waals surface area contributed by atoms with Crippen molar-refractivity contribution in [2.24, 2.45) is 0 Å². The molecule has 0 aliphatic rings. The number of halogens is 2. The highest BCUT2D eigenvalue weighted by Gasteiger charge is 2.10. The van der Waals surface area contributed by atoms with Crippen LogP contribution in [0.2, 0.25) is 10.0 Å². The smallest absolute Gasteiger partial charge is 0.248 e. The Morgan fingerprint density at radius 1 is 1.12 bits per heavy atom. The van der Waals surface area contributed by atoms with Gasteiger partial charge in [-0.25, -0.2) is 0 Å². The van der Waals surface area contributed by atoms with Crippen LogP contribution in [0.3, 0.4) is 0 Å². The van der Waals surface area contributed by atoms with E-state index < -0.39 is 0 Å². The number of nitrogens with zero attached hydrogens (tertiary/aromatic N) is 4. The van der Waals surface area contributed by atoms with Gasteiger partial charge in [0.2, 0.25) is 11.7 Å². The Morgan fingerprint density at radius 2 is 1.79 bits per heavy atom. The van der Waals surface area contributed by atoms with Crippen molar-refractivity contribution in [1.29, 1.82) is 0 Å². The number of nitrogens with one attached hydrogen (secondary N) is 1. The summed E-state index contributed by atoms with van der Waals surface area (Å²) in [4.78, 5) is 13.3. The van der Waals surface area contributed by atoms with E-state index >= 15 is 0 Å². The molecule has 3 aromatic rings. The van der Waals surface area contributed by atoms with Crippen molar-refractivity contribution in [2.75, 3.05) is 5.32 Å². The molecule has 3 rings (SSSR count). The van der Waals surface area contributed by atoms with Crippen LogP contribution in [0, 0.1) is 6.92 Å². The van der Waals surface area contributed by atoms with Gasteiger partial charge in [-0.3, -0.25) is 4.79 Å². The molecule has 2 aromatic carbocycles. The summed E-state index contributed by atoms with van der Waals surface area (Å²) in [6, 6.07) is 12.5. The van der Waals surface area contributed by atoms with E-state index in [9.17, 15) is 4.79 Å². The van der Waals surface area contributed by atoms with Crippen molar-refractivity contribution in [2.45, 2.75) is 13.5 Å². The number of hydrogen-bond donors (Lipinski definition) is 1. The van der Waals surface area contributed by atoms with Gasteiger partial charge in [0.15, 0.2) is 0 Å². The number of carbonyl (C=O) groups is 1. The highest BCUT2D eigenvalue weighted by Crippen LogP contribution is 2.22. The largest absolute Gasteiger partial charge is 0.324 e. The van der Waals surface area contributed by atoms with Crippen LogP contribution in [-0.4, -0.2) is 26.1 Å². The molecule has 0 saturated carbocycles. The van der Waals surface area contributed by atoms with E-state index in [-0.39, 0.29) is 12.5 Å². The number of benzene rings is 2. The third-order valence-corrected chi connectivity index (χ3v) is 3.63. The van der Waals surface area contributed by atoms with Crippen LogP contribution >= 0.6 is 23.2 Å². The molecule has 0 radical (unpaired) electrons. The summed E-state index contributed by atoms with van der Waals surface area (Å²) in [6.07, 6.45) is 0. The van der Waals surface area contributed by atoms with E-state index in [4.69, 9.17) is 23.2 Å². The lowest BCUT2D eigenvalue weighted by Gasteiger charge is -2.05. The number of amides is 1. The van der Waals surface area contributed by atoms with Crippen LogP contribution in [0.15, 0.2) is 42.5 Å². The fourth-order valence-electron chi connectivity index (χ4n) is 2.08. The quantitative estimate of drug-likeness (QED) is 0.770. The van der Waals surface area contributed by atoms with E-state index in [0.29, 0.717) is 21.6 Å². The molecule has 1 aromatic heterocycles. The van der Waals surface area contributed by atoms with Gasteiger partial charge in [0.05, 0.1) is 0 Å². The molecule has 1 heterocycles. The lowest BCUT2D eigenvalue weighted by Crippen LogP contribution is -2.20. The summed E-state index contributed by atoms with van der Waals surface area (Å²) in [5.41, 5.74) is 2.50. The molecule has 0 atom stereocenters. The second-order valence-electron chi connectivity index (χ2n) is 5.22. The van der Waals surface area contributed by atoms with Gasteiger partial charge >= 0.3 is 0 Å². The van der Waals surface area contributed by atoms with Gasteiger partial charge in [-0.1, -0.05) is 53.0 Å². The normalized spacial score (nSPS) is 10.6. The summed E-state index contributed by atoms with van der Waals surface area (Å²) >= 11 is 11.8. The van der Waals surface area contributed by atoms with Crippen molar-refractivity contribution in [1.82, 2.24) is 20.2 Å². The van der Waals surface area contributed by atoms with E-state index in [1.807, 2.05) is 31.2 Å². The Bertz CT molecular complexity index is 856. The molecule has 0 saturated heterocycles. The molecule has 122 valence electrons. The highest BCUT2D eigenvalue weighted by atomic mass is 35.5. The van der Waals surface area contributed by atoms with Crippen LogP contribution in [-0.2, 0) is 11.3 Å². The lowest BCUT2D eigenvalue weighted by molar-refractivity contribution is -0.117. The molecular formula is C16H13Cl2N5O. The summed E-state index contributed by atoms with van der Waals surface area (Å²) in [6.45, 7) is 1.93. The predicted molar refractivity (Wildman–Crippen MR) is 93.1 cm³/mol. The number of anilines is 1. The van der Waals surface area contributed by atoms with Crippen LogP contribution in [0.1, 0.15) is 5.56 Å². The monoisotopic (exact) mass is 361 g/mol. The first-order valence-corrected chi connectivity index (χ1v) is 7.86. The van der Waals surface area contributed by atoms with Crippen LogP contribution in [0.4, 0.5) is 5.69 Å². The first kappa shape index (κ1) is 16.4. The van der Waals surface area contributed by atoms with Crippen molar-refractivity contribution in [3.63, 3.8) is 0 Å². The number of aromatic nitrogens is 4. The predicted octanol–water partition coefficient (Wildman–Crippen LogP) is 3.59. The van der Waals surface area contributed by atoms with Crippen molar-refractivity contribution >= 4 is 34.8 Å². The number of aryl methyl sites for hydroxylation is 1. The molecular weight excluding hydrogens is 349 g/mol. The average Bonchev–Trinajstić information content (AvgIpc) is 2.95. The highest BCUT2D eigenvalue weighted by molar-refractivity contribution is 6.35. The van der Waals surface area contributed by atoms with Crippen molar-refractivity contribution < 1.29 is 4.79 Å². The summed E-state index contributed by atoms with van der Waals surface area (Å²) in [5.74, 6) is 0.162. The summed E-state index contributed by atoms with van der Waals surface area (Å²) in [5, 5.41) is 15.6. The number of rotatable bonds is 4. The zero-order chi connectivity index (χ0) is 17.1. The molecule has 6 nitrogen and oxygen atoms in total. The molecule has 0 unspecified atom stereocenters. The van der Waals surface area contributed by atoms with E-state index in [1.165, 1.54) is 4.80 Å². The third kappa shape index (κ3) is 4.10. The maximum atomic E-state index is 12.1. The average molecular weight is 362 g/mol. The van der Waals surface area contributed by atoms with Gasteiger partial charge in [0.25, 0.3) is 0 Å². The minimum Gasteiger partial charge on any atom is -0.324 e. The first-order valence-electron chi connectivity index (χ1n) is 7.10. The Labute approximate surface area is 148 Å².